The lowest BCUT2D eigenvalue weighted by molar-refractivity contribution is 0.0991. The molecule has 2 aromatic carbocycles. The maximum atomic E-state index is 13.5. The summed E-state index contributed by atoms with van der Waals surface area (Å²) in [6.45, 7) is 0. The largest absolute Gasteiger partial charge is 0.294 e. The number of Topliss-reactive ketones (excluding diaryl/α,β-unsaturated/α-hetero) is 1. The average molecular weight is 272 g/mol. The van der Waals surface area contributed by atoms with Crippen molar-refractivity contribution in [3.05, 3.63) is 70.3 Å². The third kappa shape index (κ3) is 2.48. The quantitative estimate of drug-likeness (QED) is 0.775. The van der Waals surface area contributed by atoms with Gasteiger partial charge in [0.2, 0.25) is 0 Å². The fourth-order valence-electron chi connectivity index (χ4n) is 2.70. The Morgan fingerprint density at radius 1 is 1.00 bits per heavy atom. The second kappa shape index (κ2) is 5.16. The van der Waals surface area contributed by atoms with E-state index < -0.39 is 11.6 Å². The monoisotopic (exact) mass is 272 g/mol. The zero-order valence-electron chi connectivity index (χ0n) is 11.0. The number of hydrogen-bond donors (Lipinski definition) is 0. The van der Waals surface area contributed by atoms with Crippen molar-refractivity contribution < 1.29 is 13.6 Å². The van der Waals surface area contributed by atoms with Crippen LogP contribution in [-0.4, -0.2) is 5.78 Å². The standard InChI is InChI=1S/C17H14F2O/c18-15-6-7-16(19)14(9-15)10-17(20)13-5-4-11-2-1-3-12(11)8-13/h4-9H,1-3,10H2. The van der Waals surface area contributed by atoms with E-state index in [4.69, 9.17) is 0 Å². The number of ketones is 1. The Hall–Kier alpha value is -2.03. The molecule has 1 nitrogen and oxygen atoms in total. The fraction of sp³-hybridized carbons (Fsp3) is 0.235. The normalized spacial score (nSPS) is 13.3. The predicted octanol–water partition coefficient (Wildman–Crippen LogP) is 3.88. The molecule has 0 fully saturated rings. The summed E-state index contributed by atoms with van der Waals surface area (Å²) in [5.74, 6) is -1.24. The lowest BCUT2D eigenvalue weighted by atomic mass is 9.99. The van der Waals surface area contributed by atoms with Crippen LogP contribution in [0.25, 0.3) is 0 Å². The van der Waals surface area contributed by atoms with Crippen LogP contribution in [0.15, 0.2) is 36.4 Å². The van der Waals surface area contributed by atoms with E-state index in [0.29, 0.717) is 5.56 Å². The maximum Gasteiger partial charge on any atom is 0.167 e. The molecule has 3 rings (SSSR count). The summed E-state index contributed by atoms with van der Waals surface area (Å²) in [6, 6.07) is 8.84. The van der Waals surface area contributed by atoms with Crippen LogP contribution in [0.2, 0.25) is 0 Å². The smallest absolute Gasteiger partial charge is 0.167 e. The molecule has 0 aromatic heterocycles. The molecule has 0 saturated heterocycles. The summed E-state index contributed by atoms with van der Waals surface area (Å²) < 4.78 is 26.6. The maximum absolute atomic E-state index is 13.5. The van der Waals surface area contributed by atoms with Gasteiger partial charge in [-0.25, -0.2) is 8.78 Å². The first-order chi connectivity index (χ1) is 9.63. The van der Waals surface area contributed by atoms with Crippen LogP contribution in [0.4, 0.5) is 8.78 Å². The van der Waals surface area contributed by atoms with Crippen LogP contribution < -0.4 is 0 Å². The van der Waals surface area contributed by atoms with E-state index in [2.05, 4.69) is 0 Å². The van der Waals surface area contributed by atoms with Crippen molar-refractivity contribution in [1.29, 1.82) is 0 Å². The van der Waals surface area contributed by atoms with E-state index in [1.165, 1.54) is 11.1 Å². The fourth-order valence-corrected chi connectivity index (χ4v) is 2.70. The SMILES string of the molecule is O=C(Cc1cc(F)ccc1F)c1ccc2c(c1)CCC2. The van der Waals surface area contributed by atoms with E-state index in [-0.39, 0.29) is 17.8 Å². The van der Waals surface area contributed by atoms with Gasteiger partial charge in [-0.3, -0.25) is 4.79 Å². The van der Waals surface area contributed by atoms with Crippen LogP contribution >= 0.6 is 0 Å². The van der Waals surface area contributed by atoms with Gasteiger partial charge in [0.25, 0.3) is 0 Å². The lowest BCUT2D eigenvalue weighted by Gasteiger charge is -2.06. The Morgan fingerprint density at radius 2 is 1.80 bits per heavy atom. The number of carbonyl (C=O) groups is 1. The number of fused-ring (bicyclic) bond motifs is 1. The van der Waals surface area contributed by atoms with Gasteiger partial charge in [0.15, 0.2) is 5.78 Å². The second-order valence-corrected chi connectivity index (χ2v) is 5.17. The Balaban J connectivity index is 1.84. The van der Waals surface area contributed by atoms with Gasteiger partial charge in [0, 0.05) is 12.0 Å². The highest BCUT2D eigenvalue weighted by atomic mass is 19.1. The predicted molar refractivity (Wildman–Crippen MR) is 72.9 cm³/mol. The van der Waals surface area contributed by atoms with E-state index >= 15 is 0 Å². The molecule has 0 spiro atoms. The molecule has 102 valence electrons. The Morgan fingerprint density at radius 3 is 2.65 bits per heavy atom. The number of rotatable bonds is 3. The molecule has 1 aliphatic rings. The molecule has 0 bridgehead atoms. The first kappa shape index (κ1) is 13.0. The van der Waals surface area contributed by atoms with Crippen molar-refractivity contribution in [3.8, 4) is 0 Å². The van der Waals surface area contributed by atoms with Crippen molar-refractivity contribution in [2.24, 2.45) is 0 Å². The molecular weight excluding hydrogens is 258 g/mol. The third-order valence-corrected chi connectivity index (χ3v) is 3.78. The molecule has 0 aliphatic heterocycles. The van der Waals surface area contributed by atoms with Crippen molar-refractivity contribution in [1.82, 2.24) is 0 Å². The molecule has 0 N–H and O–H groups in total. The molecule has 20 heavy (non-hydrogen) atoms. The molecule has 2 aromatic rings. The van der Waals surface area contributed by atoms with E-state index in [1.807, 2.05) is 12.1 Å². The Labute approximate surface area is 116 Å². The minimum Gasteiger partial charge on any atom is -0.294 e. The highest BCUT2D eigenvalue weighted by Crippen LogP contribution is 2.23. The van der Waals surface area contributed by atoms with Gasteiger partial charge in [0.1, 0.15) is 11.6 Å². The number of carbonyl (C=O) groups excluding carboxylic acids is 1. The van der Waals surface area contributed by atoms with Crippen LogP contribution in [0.1, 0.15) is 33.5 Å². The molecule has 3 heteroatoms. The molecule has 0 unspecified atom stereocenters. The van der Waals surface area contributed by atoms with Crippen molar-refractivity contribution >= 4 is 5.78 Å². The van der Waals surface area contributed by atoms with Gasteiger partial charge in [-0.2, -0.15) is 0 Å². The lowest BCUT2D eigenvalue weighted by Crippen LogP contribution is -2.06. The molecule has 1 aliphatic carbocycles. The Kier molecular flexibility index (Phi) is 3.35. The van der Waals surface area contributed by atoms with Crippen molar-refractivity contribution in [3.63, 3.8) is 0 Å². The summed E-state index contributed by atoms with van der Waals surface area (Å²) in [5, 5.41) is 0. The van der Waals surface area contributed by atoms with Crippen LogP contribution in [0.5, 0.6) is 0 Å². The average Bonchev–Trinajstić information content (AvgIpc) is 2.90. The van der Waals surface area contributed by atoms with E-state index in [9.17, 15) is 13.6 Å². The van der Waals surface area contributed by atoms with Crippen LogP contribution in [-0.2, 0) is 19.3 Å². The number of halogens is 2. The topological polar surface area (TPSA) is 17.1 Å². The van der Waals surface area contributed by atoms with Crippen LogP contribution in [0.3, 0.4) is 0 Å². The third-order valence-electron chi connectivity index (χ3n) is 3.78. The van der Waals surface area contributed by atoms with Crippen molar-refractivity contribution in [2.75, 3.05) is 0 Å². The van der Waals surface area contributed by atoms with Gasteiger partial charge in [-0.1, -0.05) is 12.1 Å². The van der Waals surface area contributed by atoms with Gasteiger partial charge < -0.3 is 0 Å². The molecular formula is C17H14F2O. The molecule has 0 amide bonds. The molecule has 0 radical (unpaired) electrons. The summed E-state index contributed by atoms with van der Waals surface area (Å²) >= 11 is 0. The molecule has 0 atom stereocenters. The van der Waals surface area contributed by atoms with Gasteiger partial charge in [0.05, 0.1) is 0 Å². The van der Waals surface area contributed by atoms with E-state index in [1.54, 1.807) is 6.07 Å². The molecule has 0 heterocycles. The minimum absolute atomic E-state index is 0.107. The molecule has 0 saturated carbocycles. The zero-order chi connectivity index (χ0) is 14.1. The summed E-state index contributed by atoms with van der Waals surface area (Å²) in [5.41, 5.74) is 3.18. The minimum atomic E-state index is -0.541. The zero-order valence-corrected chi connectivity index (χ0v) is 11.0. The number of hydrogen-bond acceptors (Lipinski definition) is 1. The number of aryl methyl sites for hydroxylation is 2. The number of benzene rings is 2. The summed E-state index contributed by atoms with van der Waals surface area (Å²) in [4.78, 5) is 12.2. The van der Waals surface area contributed by atoms with Gasteiger partial charge in [-0.15, -0.1) is 0 Å². The van der Waals surface area contributed by atoms with Crippen LogP contribution in [0, 0.1) is 11.6 Å². The highest BCUT2D eigenvalue weighted by molar-refractivity contribution is 5.97. The first-order valence-electron chi connectivity index (χ1n) is 6.72. The highest BCUT2D eigenvalue weighted by Gasteiger charge is 2.15. The van der Waals surface area contributed by atoms with E-state index in [0.717, 1.165) is 37.5 Å². The second-order valence-electron chi connectivity index (χ2n) is 5.17. The summed E-state index contributed by atoms with van der Waals surface area (Å²) in [6.07, 6.45) is 3.06. The summed E-state index contributed by atoms with van der Waals surface area (Å²) in [7, 11) is 0. The van der Waals surface area contributed by atoms with Gasteiger partial charge >= 0.3 is 0 Å². The van der Waals surface area contributed by atoms with Gasteiger partial charge in [-0.05, 0) is 60.2 Å². The Bertz CT molecular complexity index is 677. The van der Waals surface area contributed by atoms with Crippen molar-refractivity contribution in [2.45, 2.75) is 25.7 Å². The first-order valence-corrected chi connectivity index (χ1v) is 6.72.